The molecule has 0 spiro atoms. The lowest BCUT2D eigenvalue weighted by Gasteiger charge is -2.28. The molecule has 9 heteroatoms. The Bertz CT molecular complexity index is 1370. The van der Waals surface area contributed by atoms with Crippen molar-refractivity contribution in [2.24, 2.45) is 12.0 Å². The first-order valence-electron chi connectivity index (χ1n) is 9.45. The van der Waals surface area contributed by atoms with Crippen LogP contribution in [-0.4, -0.2) is 29.0 Å². The normalized spacial score (nSPS) is 13.3. The molecule has 0 saturated carbocycles. The third-order valence-electron chi connectivity index (χ3n) is 5.41. The number of hydrogen-bond acceptors (Lipinski definition) is 6. The molecule has 5 rings (SSSR count). The van der Waals surface area contributed by atoms with Crippen molar-refractivity contribution < 1.29 is 14.1 Å². The molecule has 0 atom stereocenters. The van der Waals surface area contributed by atoms with Gasteiger partial charge in [-0.1, -0.05) is 18.2 Å². The summed E-state index contributed by atoms with van der Waals surface area (Å²) >= 11 is 1.54. The predicted octanol–water partition coefficient (Wildman–Crippen LogP) is 5.24. The van der Waals surface area contributed by atoms with E-state index in [1.54, 1.807) is 11.3 Å². The van der Waals surface area contributed by atoms with Crippen molar-refractivity contribution in [2.75, 3.05) is 18.7 Å². The maximum atomic E-state index is 14.1. The summed E-state index contributed by atoms with van der Waals surface area (Å²) < 4.78 is 21.5. The Morgan fingerprint density at radius 3 is 2.81 bits per heavy atom. The number of aryl methyl sites for hydroxylation is 1. The molecule has 0 unspecified atom stereocenters. The number of para-hydroxylation sites is 1. The van der Waals surface area contributed by atoms with Gasteiger partial charge in [0.2, 0.25) is 5.82 Å². The molecular formula is C22H17FN4O3S. The number of halogens is 1. The van der Waals surface area contributed by atoms with Crippen LogP contribution in [-0.2, 0) is 7.05 Å². The highest BCUT2D eigenvalue weighted by Crippen LogP contribution is 2.43. The quantitative estimate of drug-likeness (QED) is 0.324. The highest BCUT2D eigenvalue weighted by molar-refractivity contribution is 7.13. The molecule has 2 aromatic carbocycles. The number of anilines is 2. The van der Waals surface area contributed by atoms with Gasteiger partial charge in [-0.2, -0.15) is 4.39 Å². The standard InChI is InChI=1S/C22H17FN4O3S/c1-25-11-14(13-5-3-4-6-16(13)25)21-22-17(7-8-31-22)26(12-24-21)19-10-18(27(28)29)15(23)9-20(19)30-2/h3-11H,12H2,1-2H3. The second-order valence-corrected chi connectivity index (χ2v) is 8.03. The minimum atomic E-state index is -0.937. The van der Waals surface area contributed by atoms with Crippen molar-refractivity contribution in [3.8, 4) is 5.75 Å². The van der Waals surface area contributed by atoms with Gasteiger partial charge in [0.15, 0.2) is 0 Å². The molecule has 0 aliphatic carbocycles. The third kappa shape index (κ3) is 2.97. The number of nitro benzene ring substituents is 1. The zero-order chi connectivity index (χ0) is 21.7. The van der Waals surface area contributed by atoms with Crippen LogP contribution in [0.2, 0.25) is 0 Å². The zero-order valence-electron chi connectivity index (χ0n) is 16.7. The third-order valence-corrected chi connectivity index (χ3v) is 6.32. The van der Waals surface area contributed by atoms with Crippen molar-refractivity contribution in [3.63, 3.8) is 0 Å². The first-order chi connectivity index (χ1) is 15.0. The lowest BCUT2D eigenvalue weighted by Crippen LogP contribution is -2.25. The molecule has 1 aliphatic heterocycles. The number of benzene rings is 2. The molecule has 2 aromatic heterocycles. The maximum absolute atomic E-state index is 14.1. The molecule has 0 radical (unpaired) electrons. The largest absolute Gasteiger partial charge is 0.494 e. The SMILES string of the molecule is COc1cc(F)c([N+](=O)[O-])cc1N1CN=C(c2cn(C)c3ccccc23)c2sccc21. The molecule has 1 aliphatic rings. The number of aliphatic imine (C=N–C) groups is 1. The first kappa shape index (κ1) is 19.3. The minimum Gasteiger partial charge on any atom is -0.494 e. The summed E-state index contributed by atoms with van der Waals surface area (Å²) in [4.78, 5) is 18.1. The second kappa shape index (κ2) is 7.21. The number of fused-ring (bicyclic) bond motifs is 2. The smallest absolute Gasteiger partial charge is 0.307 e. The lowest BCUT2D eigenvalue weighted by molar-refractivity contribution is -0.387. The van der Waals surface area contributed by atoms with E-state index in [4.69, 9.17) is 9.73 Å². The van der Waals surface area contributed by atoms with Gasteiger partial charge in [-0.3, -0.25) is 15.1 Å². The number of thiophene rings is 1. The number of rotatable bonds is 4. The van der Waals surface area contributed by atoms with Gasteiger partial charge >= 0.3 is 5.69 Å². The molecule has 0 saturated heterocycles. The highest BCUT2D eigenvalue weighted by Gasteiger charge is 2.29. The molecule has 4 aromatic rings. The molecule has 0 N–H and O–H groups in total. The summed E-state index contributed by atoms with van der Waals surface area (Å²) in [7, 11) is 3.41. The van der Waals surface area contributed by atoms with Crippen LogP contribution in [0.4, 0.5) is 21.5 Å². The molecule has 0 amide bonds. The van der Waals surface area contributed by atoms with E-state index < -0.39 is 16.4 Å². The van der Waals surface area contributed by atoms with Crippen LogP contribution in [0.15, 0.2) is 59.0 Å². The molecule has 7 nitrogen and oxygen atoms in total. The molecule has 0 fully saturated rings. The Balaban J connectivity index is 1.65. The van der Waals surface area contributed by atoms with Gasteiger partial charge in [0.05, 0.1) is 34.0 Å². The number of ether oxygens (including phenoxy) is 1. The first-order valence-corrected chi connectivity index (χ1v) is 10.3. The van der Waals surface area contributed by atoms with Gasteiger partial charge in [0.25, 0.3) is 0 Å². The fourth-order valence-electron chi connectivity index (χ4n) is 3.97. The monoisotopic (exact) mass is 436 g/mol. The van der Waals surface area contributed by atoms with Gasteiger partial charge in [0, 0.05) is 41.8 Å². The van der Waals surface area contributed by atoms with E-state index in [9.17, 15) is 14.5 Å². The van der Waals surface area contributed by atoms with Crippen LogP contribution in [0, 0.1) is 15.9 Å². The fourth-order valence-corrected chi connectivity index (χ4v) is 4.89. The van der Waals surface area contributed by atoms with Crippen molar-refractivity contribution in [3.05, 3.63) is 80.4 Å². The van der Waals surface area contributed by atoms with E-state index in [0.29, 0.717) is 5.69 Å². The van der Waals surface area contributed by atoms with E-state index in [-0.39, 0.29) is 12.4 Å². The number of hydrogen-bond donors (Lipinski definition) is 0. The number of nitro groups is 1. The van der Waals surface area contributed by atoms with Crippen LogP contribution >= 0.6 is 11.3 Å². The van der Waals surface area contributed by atoms with Crippen molar-refractivity contribution in [1.29, 1.82) is 0 Å². The van der Waals surface area contributed by atoms with Crippen LogP contribution in [0.3, 0.4) is 0 Å². The Hall–Kier alpha value is -3.72. The predicted molar refractivity (Wildman–Crippen MR) is 119 cm³/mol. The van der Waals surface area contributed by atoms with E-state index in [1.165, 1.54) is 13.2 Å². The maximum Gasteiger partial charge on any atom is 0.307 e. The lowest BCUT2D eigenvalue weighted by atomic mass is 10.0. The molecule has 0 bridgehead atoms. The van der Waals surface area contributed by atoms with E-state index >= 15 is 0 Å². The Kier molecular flexibility index (Phi) is 4.48. The number of nitrogens with zero attached hydrogens (tertiary/aromatic N) is 4. The van der Waals surface area contributed by atoms with E-state index in [0.717, 1.165) is 38.8 Å². The molecular weight excluding hydrogens is 419 g/mol. The number of aromatic nitrogens is 1. The summed E-state index contributed by atoms with van der Waals surface area (Å²) in [6.07, 6.45) is 2.06. The average Bonchev–Trinajstić information content (AvgIpc) is 3.38. The van der Waals surface area contributed by atoms with Crippen molar-refractivity contribution >= 4 is 45.0 Å². The Morgan fingerprint density at radius 1 is 1.23 bits per heavy atom. The highest BCUT2D eigenvalue weighted by atomic mass is 32.1. The van der Waals surface area contributed by atoms with Gasteiger partial charge in [-0.15, -0.1) is 11.3 Å². The summed E-state index contributed by atoms with van der Waals surface area (Å²) in [6.45, 7) is 0.224. The van der Waals surface area contributed by atoms with Crippen LogP contribution in [0.1, 0.15) is 10.4 Å². The fraction of sp³-hybridized carbons (Fsp3) is 0.136. The average molecular weight is 436 g/mol. The van der Waals surface area contributed by atoms with Crippen molar-refractivity contribution in [2.45, 2.75) is 0 Å². The summed E-state index contributed by atoms with van der Waals surface area (Å²) in [6, 6.07) is 12.3. The Morgan fingerprint density at radius 2 is 2.03 bits per heavy atom. The van der Waals surface area contributed by atoms with Gasteiger partial charge in [0.1, 0.15) is 12.4 Å². The number of methoxy groups -OCH3 is 1. The minimum absolute atomic E-state index is 0.212. The summed E-state index contributed by atoms with van der Waals surface area (Å²) in [5, 5.41) is 14.3. The van der Waals surface area contributed by atoms with Crippen molar-refractivity contribution in [1.82, 2.24) is 4.57 Å². The molecule has 3 heterocycles. The Labute approximate surface area is 180 Å². The topological polar surface area (TPSA) is 72.9 Å². The van der Waals surface area contributed by atoms with Crippen LogP contribution in [0.5, 0.6) is 5.75 Å². The summed E-state index contributed by atoms with van der Waals surface area (Å²) in [5.74, 6) is -0.725. The molecule has 31 heavy (non-hydrogen) atoms. The van der Waals surface area contributed by atoms with Crippen LogP contribution < -0.4 is 9.64 Å². The second-order valence-electron chi connectivity index (χ2n) is 7.11. The van der Waals surface area contributed by atoms with Crippen LogP contribution in [0.25, 0.3) is 10.9 Å². The van der Waals surface area contributed by atoms with Gasteiger partial charge in [-0.25, -0.2) is 0 Å². The summed E-state index contributed by atoms with van der Waals surface area (Å²) in [5.41, 5.74) is 3.65. The van der Waals surface area contributed by atoms with E-state index in [2.05, 4.69) is 22.9 Å². The van der Waals surface area contributed by atoms with Gasteiger partial charge in [-0.05, 0) is 17.5 Å². The van der Waals surface area contributed by atoms with Gasteiger partial charge < -0.3 is 14.2 Å². The molecule has 156 valence electrons. The van der Waals surface area contributed by atoms with E-state index in [1.807, 2.05) is 35.5 Å². The zero-order valence-corrected chi connectivity index (χ0v) is 17.5.